The fourth-order valence-corrected chi connectivity index (χ4v) is 0. The molecule has 0 rings (SSSR count). The Morgan fingerprint density at radius 3 is 1.25 bits per heavy atom. The molecule has 0 bridgehead atoms. The molecule has 0 aromatic rings. The zero-order chi connectivity index (χ0) is 2.00. The van der Waals surface area contributed by atoms with Crippen LogP contribution in [0.5, 0.6) is 0 Å². The van der Waals surface area contributed by atoms with E-state index in [-0.39, 0.29) is 47.8 Å². The molecule has 0 aliphatic heterocycles. The Labute approximate surface area is 70.3 Å². The Bertz CT molecular complexity index is 9.61. The minimum Gasteiger partial charge on any atom is -1.00 e. The van der Waals surface area contributed by atoms with E-state index < -0.39 is 0 Å². The van der Waals surface area contributed by atoms with Crippen molar-refractivity contribution in [1.29, 1.82) is 0 Å². The predicted molar refractivity (Wildman–Crippen MR) is 19.1 cm³/mol. The third-order valence-corrected chi connectivity index (χ3v) is 0. The smallest absolute Gasteiger partial charge is 1.00 e. The van der Waals surface area contributed by atoms with Gasteiger partial charge in [-0.05, 0) is 0 Å². The van der Waals surface area contributed by atoms with E-state index in [2.05, 4.69) is 23.3 Å². The quantitative estimate of drug-likeness (QED) is 0.219. The maximum Gasteiger partial charge on any atom is 1.00 e. The average molecular weight is 149 g/mol. The topological polar surface area (TPSA) is 0 Å². The second-order valence-electron chi connectivity index (χ2n) is 0. The van der Waals surface area contributed by atoms with Gasteiger partial charge >= 0.3 is 29.6 Å². The van der Waals surface area contributed by atoms with Crippen molar-refractivity contribution in [3.05, 3.63) is 0 Å². The minimum absolute atomic E-state index is 0. The van der Waals surface area contributed by atoms with E-state index in [9.17, 15) is 0 Å². The van der Waals surface area contributed by atoms with E-state index in [4.69, 9.17) is 0 Å². The van der Waals surface area contributed by atoms with Crippen molar-refractivity contribution in [2.45, 2.75) is 0 Å². The Balaban J connectivity index is -0.00000000167. The van der Waals surface area contributed by atoms with E-state index in [1.807, 2.05) is 0 Å². The van der Waals surface area contributed by atoms with Gasteiger partial charge in [-0.15, -0.1) is 23.3 Å². The predicted octanol–water partition coefficient (Wildman–Crippen LogP) is -2.12. The van der Waals surface area contributed by atoms with E-state index >= 15 is 0 Å². The third-order valence-electron chi connectivity index (χ3n) is 0. The van der Waals surface area contributed by atoms with Gasteiger partial charge in [0, 0.05) is 16.8 Å². The molecule has 4 heavy (non-hydrogen) atoms. The third kappa shape index (κ3) is 8.88. The molecule has 0 aromatic carbocycles. The van der Waals surface area contributed by atoms with Gasteiger partial charge in [0.25, 0.3) is 0 Å². The van der Waals surface area contributed by atoms with Gasteiger partial charge in [-0.25, -0.2) is 0 Å². The SMILES string of the molecule is SS.[Co].[H-].[Na+]. The summed E-state index contributed by atoms with van der Waals surface area (Å²) in [6.45, 7) is 0. The molecular weight excluding hydrogens is 146 g/mol. The molecule has 0 saturated heterocycles. The van der Waals surface area contributed by atoms with Gasteiger partial charge in [0.2, 0.25) is 0 Å². The molecule has 0 saturated carbocycles. The summed E-state index contributed by atoms with van der Waals surface area (Å²) in [5.41, 5.74) is 0. The maximum absolute atomic E-state index is 3.22. The van der Waals surface area contributed by atoms with Crippen LogP contribution in [0.4, 0.5) is 0 Å². The molecule has 1 radical (unpaired) electrons. The van der Waals surface area contributed by atoms with Crippen LogP contribution in [0.3, 0.4) is 0 Å². The molecule has 0 aromatic heterocycles. The fraction of sp³-hybridized carbons (Fsp3) is 0. The van der Waals surface area contributed by atoms with Crippen LogP contribution in [-0.2, 0) is 16.8 Å². The van der Waals surface area contributed by atoms with Gasteiger partial charge in [-0.3, -0.25) is 0 Å². The van der Waals surface area contributed by atoms with Gasteiger partial charge in [-0.2, -0.15) is 0 Å². The Hall–Kier alpha value is 2.21. The first kappa shape index (κ1) is 16.4. The summed E-state index contributed by atoms with van der Waals surface area (Å²) >= 11 is 6.44. The van der Waals surface area contributed by atoms with E-state index in [1.54, 1.807) is 0 Å². The molecule has 0 N–H and O–H groups in total. The van der Waals surface area contributed by atoms with Crippen LogP contribution in [0.2, 0.25) is 0 Å². The minimum atomic E-state index is 0. The second-order valence-corrected chi connectivity index (χ2v) is 0. The first-order valence-electron chi connectivity index (χ1n) is 0.200. The normalized spacial score (nSPS) is 1.50. The molecule has 0 aliphatic carbocycles. The summed E-state index contributed by atoms with van der Waals surface area (Å²) in [6, 6.07) is 0. The van der Waals surface area contributed by atoms with Crippen molar-refractivity contribution in [2.24, 2.45) is 0 Å². The summed E-state index contributed by atoms with van der Waals surface area (Å²) in [5.74, 6) is 0. The van der Waals surface area contributed by atoms with Crippen molar-refractivity contribution in [3.63, 3.8) is 0 Å². The molecule has 0 aliphatic rings. The van der Waals surface area contributed by atoms with Gasteiger partial charge in [-0.1, -0.05) is 0 Å². The van der Waals surface area contributed by atoms with Crippen LogP contribution in [0, 0.1) is 0 Å². The maximum atomic E-state index is 3.22. The van der Waals surface area contributed by atoms with Crippen LogP contribution >= 0.6 is 23.3 Å². The molecule has 0 spiro atoms. The number of hydrogen-bond acceptors (Lipinski definition) is 2. The first-order valence-corrected chi connectivity index (χ1v) is 1.80. The summed E-state index contributed by atoms with van der Waals surface area (Å²) in [4.78, 5) is 0. The summed E-state index contributed by atoms with van der Waals surface area (Å²) < 4.78 is 0. The molecule has 0 unspecified atom stereocenters. The molecule has 0 nitrogen and oxygen atoms in total. The van der Waals surface area contributed by atoms with E-state index in [0.717, 1.165) is 0 Å². The monoisotopic (exact) mass is 149 g/mol. The zero-order valence-electron chi connectivity index (χ0n) is 3.23. The Morgan fingerprint density at radius 2 is 1.25 bits per heavy atom. The number of thiol groups is 2. The molecule has 0 atom stereocenters. The standard InChI is InChI=1S/Co.Na.H2S2.H/c;;1-2;/h;;1-2H;/q;+1;;-1. The largest absolute Gasteiger partial charge is 1.00 e. The van der Waals surface area contributed by atoms with Crippen molar-refractivity contribution in [1.82, 2.24) is 0 Å². The number of hydrogen-bond donors (Lipinski definition) is 2. The summed E-state index contributed by atoms with van der Waals surface area (Å²) in [5, 5.41) is 0. The Morgan fingerprint density at radius 1 is 1.25 bits per heavy atom. The molecule has 25 valence electrons. The van der Waals surface area contributed by atoms with Gasteiger partial charge in [0.1, 0.15) is 0 Å². The van der Waals surface area contributed by atoms with Crippen LogP contribution in [0.25, 0.3) is 0 Å². The fourth-order valence-electron chi connectivity index (χ4n) is 0. The van der Waals surface area contributed by atoms with Crippen molar-refractivity contribution >= 4 is 23.3 Å². The van der Waals surface area contributed by atoms with Crippen molar-refractivity contribution in [3.8, 4) is 0 Å². The van der Waals surface area contributed by atoms with Crippen LogP contribution in [0.15, 0.2) is 0 Å². The van der Waals surface area contributed by atoms with Gasteiger partial charge < -0.3 is 1.43 Å². The average Bonchev–Trinajstić information content (AvgIpc) is 1.00. The first-order chi connectivity index (χ1) is 1.00. The molecule has 0 amide bonds. The second kappa shape index (κ2) is 18.9. The van der Waals surface area contributed by atoms with Gasteiger partial charge in [0.15, 0.2) is 0 Å². The number of rotatable bonds is 0. The van der Waals surface area contributed by atoms with Gasteiger partial charge in [0.05, 0.1) is 0 Å². The Kier molecular flexibility index (Phi) is 77.4. The molecule has 4 heteroatoms. The molecular formula is H3CoNaS2. The van der Waals surface area contributed by atoms with Crippen molar-refractivity contribution < 1.29 is 47.8 Å². The van der Waals surface area contributed by atoms with Crippen LogP contribution in [0.1, 0.15) is 1.43 Å². The van der Waals surface area contributed by atoms with E-state index in [0.29, 0.717) is 0 Å². The summed E-state index contributed by atoms with van der Waals surface area (Å²) in [7, 11) is 0. The molecule has 0 fully saturated rings. The molecule has 0 heterocycles. The van der Waals surface area contributed by atoms with Crippen LogP contribution in [-0.4, -0.2) is 0 Å². The summed E-state index contributed by atoms with van der Waals surface area (Å²) in [6.07, 6.45) is 0. The van der Waals surface area contributed by atoms with Crippen LogP contribution < -0.4 is 29.6 Å². The van der Waals surface area contributed by atoms with E-state index in [1.165, 1.54) is 0 Å². The zero-order valence-corrected chi connectivity index (χ0v) is 7.06. The van der Waals surface area contributed by atoms with Crippen molar-refractivity contribution in [2.75, 3.05) is 0 Å².